The largest absolute Gasteiger partial charge is 0.486 e. The fraction of sp³-hybridized carbons (Fsp3) is 0.154. The van der Waals surface area contributed by atoms with Gasteiger partial charge in [0.15, 0.2) is 0 Å². The van der Waals surface area contributed by atoms with E-state index in [1.54, 1.807) is 22.7 Å². The van der Waals surface area contributed by atoms with Crippen LogP contribution in [0.3, 0.4) is 0 Å². The van der Waals surface area contributed by atoms with Crippen LogP contribution in [-0.4, -0.2) is 14.6 Å². The Labute approximate surface area is 137 Å². The SMILES string of the molecule is Cc1nc2c(cc(OCc3nnsc3Cl)c3ccsc32)s1. The third-order valence-corrected chi connectivity index (χ3v) is 5.87. The summed E-state index contributed by atoms with van der Waals surface area (Å²) in [4.78, 5) is 4.61. The maximum atomic E-state index is 6.01. The van der Waals surface area contributed by atoms with Crippen LogP contribution >= 0.6 is 45.8 Å². The number of fused-ring (bicyclic) bond motifs is 3. The lowest BCUT2D eigenvalue weighted by Gasteiger charge is -2.06. The zero-order valence-corrected chi connectivity index (χ0v) is 14.0. The molecule has 4 aromatic rings. The van der Waals surface area contributed by atoms with Gasteiger partial charge in [0, 0.05) is 23.0 Å². The number of aromatic nitrogens is 3. The first-order chi connectivity index (χ1) is 10.2. The van der Waals surface area contributed by atoms with Crippen LogP contribution in [0.2, 0.25) is 4.34 Å². The van der Waals surface area contributed by atoms with Gasteiger partial charge in [-0.2, -0.15) is 0 Å². The highest BCUT2D eigenvalue weighted by Crippen LogP contribution is 2.39. The molecule has 0 N–H and O–H groups in total. The number of aryl methyl sites for hydroxylation is 1. The van der Waals surface area contributed by atoms with E-state index >= 15 is 0 Å². The van der Waals surface area contributed by atoms with Crippen LogP contribution in [0.15, 0.2) is 17.5 Å². The van der Waals surface area contributed by atoms with Gasteiger partial charge in [-0.15, -0.1) is 27.8 Å². The zero-order chi connectivity index (χ0) is 14.4. The number of halogens is 1. The van der Waals surface area contributed by atoms with Crippen LogP contribution in [0.4, 0.5) is 0 Å². The van der Waals surface area contributed by atoms with Crippen molar-refractivity contribution in [3.63, 3.8) is 0 Å². The molecule has 21 heavy (non-hydrogen) atoms. The van der Waals surface area contributed by atoms with Gasteiger partial charge in [0.05, 0.1) is 19.9 Å². The van der Waals surface area contributed by atoms with Gasteiger partial charge >= 0.3 is 0 Å². The summed E-state index contributed by atoms with van der Waals surface area (Å²) >= 11 is 10.5. The Balaban J connectivity index is 1.79. The Hall–Kier alpha value is -1.28. The minimum Gasteiger partial charge on any atom is -0.486 e. The lowest BCUT2D eigenvalue weighted by atomic mass is 10.2. The van der Waals surface area contributed by atoms with E-state index < -0.39 is 0 Å². The minimum atomic E-state index is 0.323. The topological polar surface area (TPSA) is 47.9 Å². The van der Waals surface area contributed by atoms with E-state index in [1.165, 1.54) is 11.5 Å². The summed E-state index contributed by atoms with van der Waals surface area (Å²) in [6.07, 6.45) is 0. The lowest BCUT2D eigenvalue weighted by Crippen LogP contribution is -1.96. The molecule has 0 radical (unpaired) electrons. The fourth-order valence-corrected chi connectivity index (χ4v) is 4.57. The second-order valence-corrected chi connectivity index (χ2v) is 7.91. The molecule has 106 valence electrons. The van der Waals surface area contributed by atoms with Crippen LogP contribution in [0.1, 0.15) is 10.7 Å². The van der Waals surface area contributed by atoms with E-state index in [0.717, 1.165) is 31.1 Å². The first kappa shape index (κ1) is 13.4. The smallest absolute Gasteiger partial charge is 0.141 e. The summed E-state index contributed by atoms with van der Waals surface area (Å²) in [5, 5.41) is 8.17. The summed E-state index contributed by atoms with van der Waals surface area (Å²) in [5.41, 5.74) is 1.73. The second-order valence-electron chi connectivity index (χ2n) is 4.40. The van der Waals surface area contributed by atoms with Gasteiger partial charge in [0.25, 0.3) is 0 Å². The number of ether oxygens (including phenoxy) is 1. The summed E-state index contributed by atoms with van der Waals surface area (Å²) in [7, 11) is 0. The molecule has 0 unspecified atom stereocenters. The Kier molecular flexibility index (Phi) is 3.30. The first-order valence-corrected chi connectivity index (χ1v) is 8.94. The molecule has 3 heterocycles. The molecule has 0 spiro atoms. The third kappa shape index (κ3) is 2.30. The fourth-order valence-electron chi connectivity index (χ4n) is 2.14. The highest BCUT2D eigenvalue weighted by atomic mass is 35.5. The van der Waals surface area contributed by atoms with E-state index in [1.807, 2.05) is 13.0 Å². The van der Waals surface area contributed by atoms with Crippen molar-refractivity contribution in [3.8, 4) is 5.75 Å². The molecule has 4 rings (SSSR count). The molecular formula is C13H8ClN3OS3. The molecule has 1 aromatic carbocycles. The molecule has 0 saturated heterocycles. The van der Waals surface area contributed by atoms with E-state index in [0.29, 0.717) is 16.6 Å². The quantitative estimate of drug-likeness (QED) is 0.525. The van der Waals surface area contributed by atoms with E-state index in [4.69, 9.17) is 16.3 Å². The number of nitrogens with zero attached hydrogens (tertiary/aromatic N) is 3. The van der Waals surface area contributed by atoms with Crippen molar-refractivity contribution >= 4 is 66.1 Å². The molecule has 0 bridgehead atoms. The average molecular weight is 354 g/mol. The Morgan fingerprint density at radius 3 is 3.10 bits per heavy atom. The monoisotopic (exact) mass is 353 g/mol. The number of benzene rings is 1. The zero-order valence-electron chi connectivity index (χ0n) is 10.8. The van der Waals surface area contributed by atoms with Gasteiger partial charge in [0.1, 0.15) is 22.4 Å². The molecule has 0 aliphatic carbocycles. The van der Waals surface area contributed by atoms with Crippen molar-refractivity contribution in [1.29, 1.82) is 0 Å². The summed E-state index contributed by atoms with van der Waals surface area (Å²) in [5.74, 6) is 0.839. The molecule has 0 atom stereocenters. The number of rotatable bonds is 3. The van der Waals surface area contributed by atoms with Gasteiger partial charge in [-0.1, -0.05) is 16.1 Å². The van der Waals surface area contributed by atoms with Gasteiger partial charge in [-0.05, 0) is 18.4 Å². The first-order valence-electron chi connectivity index (χ1n) is 6.09. The number of hydrogen-bond acceptors (Lipinski definition) is 7. The molecule has 0 fully saturated rings. The third-order valence-electron chi connectivity index (χ3n) is 3.04. The van der Waals surface area contributed by atoms with Crippen molar-refractivity contribution in [3.05, 3.63) is 32.6 Å². The summed E-state index contributed by atoms with van der Waals surface area (Å²) < 4.78 is 12.6. The molecule has 8 heteroatoms. The van der Waals surface area contributed by atoms with Crippen molar-refractivity contribution in [2.45, 2.75) is 13.5 Å². The average Bonchev–Trinajstić information content (AvgIpc) is 3.14. The Morgan fingerprint density at radius 2 is 2.29 bits per heavy atom. The molecule has 0 aliphatic heterocycles. The van der Waals surface area contributed by atoms with Crippen molar-refractivity contribution in [1.82, 2.24) is 14.6 Å². The van der Waals surface area contributed by atoms with Gasteiger partial charge in [-0.3, -0.25) is 0 Å². The molecular weight excluding hydrogens is 346 g/mol. The van der Waals surface area contributed by atoms with Gasteiger partial charge in [-0.25, -0.2) is 4.98 Å². The van der Waals surface area contributed by atoms with Crippen molar-refractivity contribution in [2.24, 2.45) is 0 Å². The van der Waals surface area contributed by atoms with E-state index in [9.17, 15) is 0 Å². The minimum absolute atomic E-state index is 0.323. The summed E-state index contributed by atoms with van der Waals surface area (Å²) in [6.45, 7) is 2.34. The van der Waals surface area contributed by atoms with Crippen LogP contribution in [0.5, 0.6) is 5.75 Å². The Morgan fingerprint density at radius 1 is 1.38 bits per heavy atom. The van der Waals surface area contributed by atoms with Gasteiger partial charge in [0.2, 0.25) is 0 Å². The summed E-state index contributed by atoms with van der Waals surface area (Å²) in [6, 6.07) is 4.10. The van der Waals surface area contributed by atoms with Crippen LogP contribution in [0, 0.1) is 6.92 Å². The number of thiophene rings is 1. The molecule has 3 aromatic heterocycles. The highest BCUT2D eigenvalue weighted by Gasteiger charge is 2.14. The predicted molar refractivity (Wildman–Crippen MR) is 89.0 cm³/mol. The standard InChI is InChI=1S/C13H8ClN3OS3/c1-6-15-11-10(20-6)4-9(7-2-3-19-12(7)11)18-5-8-13(14)21-17-16-8/h2-4H,5H2,1H3. The van der Waals surface area contributed by atoms with E-state index in [-0.39, 0.29) is 0 Å². The van der Waals surface area contributed by atoms with Crippen LogP contribution < -0.4 is 4.74 Å². The lowest BCUT2D eigenvalue weighted by molar-refractivity contribution is 0.305. The van der Waals surface area contributed by atoms with Crippen LogP contribution in [0.25, 0.3) is 20.3 Å². The van der Waals surface area contributed by atoms with Gasteiger partial charge < -0.3 is 4.74 Å². The molecule has 4 nitrogen and oxygen atoms in total. The van der Waals surface area contributed by atoms with Crippen molar-refractivity contribution < 1.29 is 4.74 Å². The van der Waals surface area contributed by atoms with E-state index in [2.05, 4.69) is 26.0 Å². The maximum Gasteiger partial charge on any atom is 0.141 e. The molecule has 0 aliphatic rings. The predicted octanol–water partition coefficient (Wildman–Crippen LogP) is 4.90. The van der Waals surface area contributed by atoms with Crippen LogP contribution in [-0.2, 0) is 6.61 Å². The molecule has 0 saturated carbocycles. The highest BCUT2D eigenvalue weighted by molar-refractivity contribution is 7.21. The maximum absolute atomic E-state index is 6.01. The number of thiazole rings is 1. The normalized spacial score (nSPS) is 11.5. The van der Waals surface area contributed by atoms with Crippen molar-refractivity contribution in [2.75, 3.05) is 0 Å². The molecule has 0 amide bonds. The number of hydrogen-bond donors (Lipinski definition) is 0. The second kappa shape index (κ2) is 5.17. The Bertz CT molecular complexity index is 943.